The van der Waals surface area contributed by atoms with E-state index in [1.807, 2.05) is 12.1 Å². The molecule has 0 radical (unpaired) electrons. The molecule has 3 N–H and O–H groups in total. The van der Waals surface area contributed by atoms with E-state index in [9.17, 15) is 4.79 Å². The van der Waals surface area contributed by atoms with Gasteiger partial charge in [-0.1, -0.05) is 29.3 Å². The first-order valence-electron chi connectivity index (χ1n) is 6.46. The highest BCUT2D eigenvalue weighted by Crippen LogP contribution is 2.33. The first kappa shape index (κ1) is 14.6. The Bertz CT molecular complexity index is 879. The van der Waals surface area contributed by atoms with Gasteiger partial charge < -0.3 is 10.7 Å². The van der Waals surface area contributed by atoms with Crippen LogP contribution in [-0.4, -0.2) is 15.9 Å². The van der Waals surface area contributed by atoms with Crippen LogP contribution in [-0.2, 0) is 4.79 Å². The lowest BCUT2D eigenvalue weighted by molar-refractivity contribution is -0.112. The zero-order valence-electron chi connectivity index (χ0n) is 11.3. The molecule has 0 aliphatic carbocycles. The SMILES string of the molecule is NC(=O)C(=Cc1c[nH]c2ncccc12)c1c(Cl)cccc1Cl. The highest BCUT2D eigenvalue weighted by atomic mass is 35.5. The fourth-order valence-electron chi connectivity index (χ4n) is 2.27. The minimum absolute atomic E-state index is 0.250. The fourth-order valence-corrected chi connectivity index (χ4v) is 2.87. The number of nitrogens with one attached hydrogen (secondary N) is 1. The standard InChI is InChI=1S/C16H11Cl2N3O/c17-12-4-1-5-13(18)14(12)11(15(19)22)7-9-8-21-16-10(9)3-2-6-20-16/h1-8H,(H2,19,22)(H,20,21). The molecule has 110 valence electrons. The number of carbonyl (C=O) groups is 1. The molecular weight excluding hydrogens is 321 g/mol. The van der Waals surface area contributed by atoms with Crippen molar-refractivity contribution in [3.05, 3.63) is 63.9 Å². The predicted molar refractivity (Wildman–Crippen MR) is 89.6 cm³/mol. The van der Waals surface area contributed by atoms with Crippen molar-refractivity contribution < 1.29 is 4.79 Å². The molecule has 2 heterocycles. The third-order valence-corrected chi connectivity index (χ3v) is 3.91. The Morgan fingerprint density at radius 1 is 1.18 bits per heavy atom. The van der Waals surface area contributed by atoms with Gasteiger partial charge in [-0.3, -0.25) is 4.79 Å². The van der Waals surface area contributed by atoms with Crippen molar-refractivity contribution in [1.82, 2.24) is 9.97 Å². The van der Waals surface area contributed by atoms with Gasteiger partial charge in [-0.15, -0.1) is 0 Å². The van der Waals surface area contributed by atoms with E-state index in [-0.39, 0.29) is 5.57 Å². The number of nitrogens with zero attached hydrogens (tertiary/aromatic N) is 1. The topological polar surface area (TPSA) is 71.8 Å². The van der Waals surface area contributed by atoms with Crippen LogP contribution in [0.1, 0.15) is 11.1 Å². The van der Waals surface area contributed by atoms with E-state index in [0.717, 1.165) is 16.6 Å². The molecule has 22 heavy (non-hydrogen) atoms. The summed E-state index contributed by atoms with van der Waals surface area (Å²) in [6.07, 6.45) is 5.10. The van der Waals surface area contributed by atoms with Gasteiger partial charge in [0, 0.05) is 34.5 Å². The van der Waals surface area contributed by atoms with Crippen LogP contribution in [0.5, 0.6) is 0 Å². The van der Waals surface area contributed by atoms with Crippen LogP contribution in [0.15, 0.2) is 42.7 Å². The fraction of sp³-hybridized carbons (Fsp3) is 0. The van der Waals surface area contributed by atoms with Crippen LogP contribution in [0.3, 0.4) is 0 Å². The van der Waals surface area contributed by atoms with Crippen LogP contribution in [0.4, 0.5) is 0 Å². The van der Waals surface area contributed by atoms with Crippen molar-refractivity contribution in [2.45, 2.75) is 0 Å². The summed E-state index contributed by atoms with van der Waals surface area (Å²) in [6, 6.07) is 8.76. The normalized spacial score (nSPS) is 11.8. The Balaban J connectivity index is 2.22. The van der Waals surface area contributed by atoms with Crippen molar-refractivity contribution in [3.63, 3.8) is 0 Å². The molecule has 1 amide bonds. The lowest BCUT2D eigenvalue weighted by Crippen LogP contribution is -2.13. The quantitative estimate of drug-likeness (QED) is 0.714. The van der Waals surface area contributed by atoms with E-state index < -0.39 is 5.91 Å². The van der Waals surface area contributed by atoms with Crippen LogP contribution in [0.2, 0.25) is 10.0 Å². The van der Waals surface area contributed by atoms with Gasteiger partial charge in [-0.25, -0.2) is 4.98 Å². The maximum atomic E-state index is 11.9. The second-order valence-corrected chi connectivity index (χ2v) is 5.48. The Kier molecular flexibility index (Phi) is 3.88. The molecule has 3 aromatic rings. The van der Waals surface area contributed by atoms with Crippen LogP contribution < -0.4 is 5.73 Å². The van der Waals surface area contributed by atoms with E-state index in [1.54, 1.807) is 36.7 Å². The van der Waals surface area contributed by atoms with E-state index in [2.05, 4.69) is 9.97 Å². The lowest BCUT2D eigenvalue weighted by Gasteiger charge is -2.08. The number of hydrogen-bond acceptors (Lipinski definition) is 2. The first-order chi connectivity index (χ1) is 10.6. The summed E-state index contributed by atoms with van der Waals surface area (Å²) >= 11 is 12.3. The minimum atomic E-state index is -0.603. The number of rotatable bonds is 3. The van der Waals surface area contributed by atoms with E-state index in [1.165, 1.54) is 0 Å². The molecule has 4 nitrogen and oxygen atoms in total. The van der Waals surface area contributed by atoms with Crippen molar-refractivity contribution in [3.8, 4) is 0 Å². The average Bonchev–Trinajstić information content (AvgIpc) is 2.89. The summed E-state index contributed by atoms with van der Waals surface area (Å²) in [4.78, 5) is 19.1. The van der Waals surface area contributed by atoms with E-state index >= 15 is 0 Å². The molecule has 0 saturated carbocycles. The van der Waals surface area contributed by atoms with Crippen molar-refractivity contribution in [1.29, 1.82) is 0 Å². The predicted octanol–water partition coefficient (Wildman–Crippen LogP) is 3.90. The number of benzene rings is 1. The number of fused-ring (bicyclic) bond motifs is 1. The lowest BCUT2D eigenvalue weighted by atomic mass is 10.0. The van der Waals surface area contributed by atoms with Crippen molar-refractivity contribution in [2.75, 3.05) is 0 Å². The number of hydrogen-bond donors (Lipinski definition) is 2. The average molecular weight is 332 g/mol. The number of amides is 1. The van der Waals surface area contributed by atoms with Gasteiger partial charge >= 0.3 is 0 Å². The number of halogens is 2. The second-order valence-electron chi connectivity index (χ2n) is 4.66. The molecule has 6 heteroatoms. The third-order valence-electron chi connectivity index (χ3n) is 3.28. The highest BCUT2D eigenvalue weighted by molar-refractivity contribution is 6.41. The summed E-state index contributed by atoms with van der Waals surface area (Å²) in [7, 11) is 0. The third kappa shape index (κ3) is 2.58. The van der Waals surface area contributed by atoms with Crippen LogP contribution >= 0.6 is 23.2 Å². The summed E-state index contributed by atoms with van der Waals surface area (Å²) in [5, 5.41) is 1.62. The monoisotopic (exact) mass is 331 g/mol. The van der Waals surface area contributed by atoms with E-state index in [4.69, 9.17) is 28.9 Å². The van der Waals surface area contributed by atoms with Gasteiger partial charge in [0.25, 0.3) is 0 Å². The number of pyridine rings is 1. The van der Waals surface area contributed by atoms with Gasteiger partial charge in [-0.2, -0.15) is 0 Å². The molecular formula is C16H11Cl2N3O. The van der Waals surface area contributed by atoms with Gasteiger partial charge in [0.15, 0.2) is 0 Å². The Morgan fingerprint density at radius 2 is 1.91 bits per heavy atom. The number of aromatic nitrogens is 2. The van der Waals surface area contributed by atoms with Gasteiger partial charge in [0.2, 0.25) is 5.91 Å². The zero-order chi connectivity index (χ0) is 15.7. The molecule has 0 unspecified atom stereocenters. The van der Waals surface area contributed by atoms with Gasteiger partial charge in [0.05, 0.1) is 10.0 Å². The first-order valence-corrected chi connectivity index (χ1v) is 7.21. The Hall–Kier alpha value is -2.30. The molecule has 1 aromatic carbocycles. The molecule has 0 aliphatic heterocycles. The molecule has 0 saturated heterocycles. The number of nitrogens with two attached hydrogens (primary N) is 1. The summed E-state index contributed by atoms with van der Waals surface area (Å²) < 4.78 is 0. The Labute approximate surface area is 136 Å². The van der Waals surface area contributed by atoms with Gasteiger partial charge in [0.1, 0.15) is 5.65 Å². The minimum Gasteiger partial charge on any atom is -0.366 e. The maximum Gasteiger partial charge on any atom is 0.249 e. The number of aromatic amines is 1. The Morgan fingerprint density at radius 3 is 2.59 bits per heavy atom. The molecule has 2 aromatic heterocycles. The second kappa shape index (κ2) is 5.83. The molecule has 0 atom stereocenters. The van der Waals surface area contributed by atoms with E-state index in [0.29, 0.717) is 15.6 Å². The molecule has 3 rings (SSSR count). The number of H-pyrrole nitrogens is 1. The largest absolute Gasteiger partial charge is 0.366 e. The highest BCUT2D eigenvalue weighted by Gasteiger charge is 2.16. The van der Waals surface area contributed by atoms with Crippen molar-refractivity contribution >= 4 is 51.8 Å². The molecule has 0 fully saturated rings. The van der Waals surface area contributed by atoms with Crippen molar-refractivity contribution in [2.24, 2.45) is 5.73 Å². The summed E-state index contributed by atoms with van der Waals surface area (Å²) in [5.41, 5.74) is 7.70. The van der Waals surface area contributed by atoms with Crippen LogP contribution in [0, 0.1) is 0 Å². The summed E-state index contributed by atoms with van der Waals surface area (Å²) in [6.45, 7) is 0. The van der Waals surface area contributed by atoms with Crippen LogP contribution in [0.25, 0.3) is 22.7 Å². The van der Waals surface area contributed by atoms with Gasteiger partial charge in [-0.05, 0) is 30.3 Å². The smallest absolute Gasteiger partial charge is 0.249 e. The molecule has 0 spiro atoms. The number of primary amides is 1. The number of carbonyl (C=O) groups excluding carboxylic acids is 1. The molecule has 0 aliphatic rings. The zero-order valence-corrected chi connectivity index (χ0v) is 12.8. The summed E-state index contributed by atoms with van der Waals surface area (Å²) in [5.74, 6) is -0.603. The maximum absolute atomic E-state index is 11.9. The molecule has 0 bridgehead atoms.